The Hall–Kier alpha value is -1.58. The molecule has 6 nitrogen and oxygen atoms in total. The maximum absolute atomic E-state index is 12.7. The van der Waals surface area contributed by atoms with Gasteiger partial charge in [0.15, 0.2) is 4.34 Å². The fourth-order valence-electron chi connectivity index (χ4n) is 2.49. The lowest BCUT2D eigenvalue weighted by Crippen LogP contribution is -2.16. The molecule has 0 aliphatic rings. The number of amides is 1. The minimum absolute atomic E-state index is 0.140. The van der Waals surface area contributed by atoms with E-state index in [2.05, 4.69) is 48.2 Å². The molecule has 0 saturated carbocycles. The Balaban J connectivity index is 1.95. The molecule has 0 saturated heterocycles. The first kappa shape index (κ1) is 19.2. The van der Waals surface area contributed by atoms with Crippen molar-refractivity contribution in [1.82, 2.24) is 20.2 Å². The van der Waals surface area contributed by atoms with Crippen molar-refractivity contribution in [2.24, 2.45) is 0 Å². The number of aromatic nitrogens is 4. The van der Waals surface area contributed by atoms with Crippen LogP contribution in [0.4, 0.5) is 5.13 Å². The molecule has 0 spiro atoms. The average Bonchev–Trinajstić information content (AvgIpc) is 3.11. The Kier molecular flexibility index (Phi) is 5.32. The van der Waals surface area contributed by atoms with Crippen LogP contribution in [0.25, 0.3) is 10.2 Å². The van der Waals surface area contributed by atoms with Crippen LogP contribution in [0.15, 0.2) is 4.34 Å². The molecule has 26 heavy (non-hydrogen) atoms. The number of hydrogen-bond acceptors (Lipinski definition) is 8. The lowest BCUT2D eigenvalue weighted by Gasteiger charge is -2.16. The summed E-state index contributed by atoms with van der Waals surface area (Å²) in [5, 5.41) is 12.4. The average molecular weight is 408 g/mol. The number of fused-ring (bicyclic) bond motifs is 1. The smallest absolute Gasteiger partial charge is 0.267 e. The van der Waals surface area contributed by atoms with Crippen LogP contribution in [0.5, 0.6) is 0 Å². The van der Waals surface area contributed by atoms with E-state index in [0.29, 0.717) is 10.0 Å². The van der Waals surface area contributed by atoms with Gasteiger partial charge in [-0.1, -0.05) is 50.8 Å². The first-order valence-electron chi connectivity index (χ1n) is 8.26. The maximum atomic E-state index is 12.7. The van der Waals surface area contributed by atoms with E-state index in [4.69, 9.17) is 4.98 Å². The highest BCUT2D eigenvalue weighted by atomic mass is 32.2. The molecule has 1 amide bonds. The maximum Gasteiger partial charge on any atom is 0.267 e. The van der Waals surface area contributed by atoms with Gasteiger partial charge < -0.3 is 0 Å². The third kappa shape index (κ3) is 3.74. The van der Waals surface area contributed by atoms with Crippen LogP contribution in [0.2, 0.25) is 0 Å². The summed E-state index contributed by atoms with van der Waals surface area (Å²) in [6, 6.07) is 0. The van der Waals surface area contributed by atoms with Crippen LogP contribution in [-0.4, -0.2) is 31.8 Å². The van der Waals surface area contributed by atoms with Gasteiger partial charge in [0.2, 0.25) is 5.13 Å². The molecule has 9 heteroatoms. The zero-order chi connectivity index (χ0) is 19.1. The second kappa shape index (κ2) is 7.21. The third-order valence-corrected chi connectivity index (χ3v) is 6.78. The minimum Gasteiger partial charge on any atom is -0.296 e. The Morgan fingerprint density at radius 3 is 2.54 bits per heavy atom. The van der Waals surface area contributed by atoms with Crippen LogP contribution in [0.3, 0.4) is 0 Å². The Morgan fingerprint density at radius 2 is 1.88 bits per heavy atom. The van der Waals surface area contributed by atoms with Crippen molar-refractivity contribution in [2.45, 2.75) is 51.3 Å². The van der Waals surface area contributed by atoms with E-state index in [0.717, 1.165) is 37.4 Å². The second-order valence-corrected chi connectivity index (χ2v) is 10.4. The molecule has 3 rings (SSSR count). The summed E-state index contributed by atoms with van der Waals surface area (Å²) in [5.41, 5.74) is 1.68. The Bertz CT molecular complexity index is 971. The van der Waals surface area contributed by atoms with Crippen LogP contribution >= 0.6 is 34.4 Å². The van der Waals surface area contributed by atoms with Gasteiger partial charge in [-0.05, 0) is 25.2 Å². The summed E-state index contributed by atoms with van der Waals surface area (Å²) < 4.78 is 0.854. The van der Waals surface area contributed by atoms with Crippen LogP contribution in [0, 0.1) is 13.8 Å². The van der Waals surface area contributed by atoms with Gasteiger partial charge in [0.25, 0.3) is 5.91 Å². The number of carbonyl (C=O) groups excluding carboxylic acids is 1. The largest absolute Gasteiger partial charge is 0.296 e. The molecule has 0 bridgehead atoms. The van der Waals surface area contributed by atoms with Crippen molar-refractivity contribution in [3.8, 4) is 0 Å². The van der Waals surface area contributed by atoms with Crippen molar-refractivity contribution in [2.75, 3.05) is 11.1 Å². The van der Waals surface area contributed by atoms with Crippen molar-refractivity contribution < 1.29 is 4.79 Å². The number of thiophene rings is 1. The summed E-state index contributed by atoms with van der Waals surface area (Å²) in [5.74, 6) is 1.54. The van der Waals surface area contributed by atoms with Gasteiger partial charge >= 0.3 is 0 Å². The summed E-state index contributed by atoms with van der Waals surface area (Å²) in [7, 11) is 0. The molecule has 0 radical (unpaired) electrons. The van der Waals surface area contributed by atoms with Gasteiger partial charge in [-0.15, -0.1) is 21.5 Å². The van der Waals surface area contributed by atoms with E-state index in [1.807, 2.05) is 13.8 Å². The summed E-state index contributed by atoms with van der Waals surface area (Å²) >= 11 is 4.40. The summed E-state index contributed by atoms with van der Waals surface area (Å²) in [4.78, 5) is 23.6. The quantitative estimate of drug-likeness (QED) is 0.493. The van der Waals surface area contributed by atoms with E-state index in [1.54, 1.807) is 11.8 Å². The van der Waals surface area contributed by atoms with Gasteiger partial charge in [-0.25, -0.2) is 9.97 Å². The molecule has 3 aromatic heterocycles. The zero-order valence-corrected chi connectivity index (χ0v) is 18.1. The van der Waals surface area contributed by atoms with Gasteiger partial charge in [0.1, 0.15) is 10.7 Å². The van der Waals surface area contributed by atoms with Crippen LogP contribution in [0.1, 0.15) is 54.4 Å². The Morgan fingerprint density at radius 1 is 1.15 bits per heavy atom. The number of aryl methyl sites for hydroxylation is 2. The van der Waals surface area contributed by atoms with Crippen molar-refractivity contribution in [3.63, 3.8) is 0 Å². The monoisotopic (exact) mass is 407 g/mol. The molecule has 1 N–H and O–H groups in total. The van der Waals surface area contributed by atoms with Gasteiger partial charge in [-0.3, -0.25) is 10.1 Å². The lowest BCUT2D eigenvalue weighted by atomic mass is 9.95. The fraction of sp³-hybridized carbons (Fsp3) is 0.471. The number of anilines is 1. The molecule has 0 aliphatic heterocycles. The number of nitrogens with zero attached hydrogens (tertiary/aromatic N) is 4. The third-order valence-electron chi connectivity index (χ3n) is 3.74. The van der Waals surface area contributed by atoms with Gasteiger partial charge in [0.05, 0.1) is 10.6 Å². The van der Waals surface area contributed by atoms with E-state index < -0.39 is 0 Å². The predicted molar refractivity (Wildman–Crippen MR) is 110 cm³/mol. The van der Waals surface area contributed by atoms with E-state index in [-0.39, 0.29) is 11.3 Å². The molecule has 3 aromatic rings. The first-order chi connectivity index (χ1) is 12.2. The summed E-state index contributed by atoms with van der Waals surface area (Å²) in [6.07, 6.45) is 0. The molecular formula is C17H21N5OS3. The Labute approximate surface area is 164 Å². The molecule has 0 fully saturated rings. The van der Waals surface area contributed by atoms with E-state index in [1.165, 1.54) is 22.7 Å². The molecule has 0 aromatic carbocycles. The minimum atomic E-state index is -0.175. The highest BCUT2D eigenvalue weighted by Crippen LogP contribution is 2.34. The van der Waals surface area contributed by atoms with Gasteiger partial charge in [-0.2, -0.15) is 0 Å². The zero-order valence-electron chi connectivity index (χ0n) is 15.6. The molecular weight excluding hydrogens is 386 g/mol. The normalized spacial score (nSPS) is 11.9. The molecule has 0 atom stereocenters. The standard InChI is InChI=1S/C17H21N5OS3/c1-7-24-16-22-21-15(26-16)19-12(23)11-8(2)10-9(3)18-14(17(4,5)6)20-13(10)25-11/h7H2,1-6H3,(H,19,21,23). The number of carbonyl (C=O) groups is 1. The summed E-state index contributed by atoms with van der Waals surface area (Å²) in [6.45, 7) is 12.2. The van der Waals surface area contributed by atoms with E-state index >= 15 is 0 Å². The molecule has 138 valence electrons. The number of rotatable bonds is 4. The van der Waals surface area contributed by atoms with Crippen molar-refractivity contribution >= 4 is 55.7 Å². The number of thioether (sulfide) groups is 1. The molecule has 0 aliphatic carbocycles. The van der Waals surface area contributed by atoms with Gasteiger partial charge in [0, 0.05) is 10.8 Å². The van der Waals surface area contributed by atoms with Crippen LogP contribution < -0.4 is 5.32 Å². The number of nitrogens with one attached hydrogen (secondary N) is 1. The highest BCUT2D eigenvalue weighted by Gasteiger charge is 2.23. The topological polar surface area (TPSA) is 80.7 Å². The molecule has 0 unspecified atom stereocenters. The van der Waals surface area contributed by atoms with Crippen LogP contribution in [-0.2, 0) is 5.41 Å². The van der Waals surface area contributed by atoms with Crippen molar-refractivity contribution in [3.05, 3.63) is 22.0 Å². The highest BCUT2D eigenvalue weighted by molar-refractivity contribution is 8.01. The lowest BCUT2D eigenvalue weighted by molar-refractivity contribution is 0.103. The van der Waals surface area contributed by atoms with Crippen molar-refractivity contribution in [1.29, 1.82) is 0 Å². The fourth-order valence-corrected chi connectivity index (χ4v) is 5.26. The number of hydrogen-bond donors (Lipinski definition) is 1. The second-order valence-electron chi connectivity index (χ2n) is 6.88. The first-order valence-corrected chi connectivity index (χ1v) is 10.9. The SMILES string of the molecule is CCSc1nnc(NC(=O)c2sc3nc(C(C)(C)C)nc(C)c3c2C)s1. The predicted octanol–water partition coefficient (Wildman–Crippen LogP) is 4.82. The molecule has 3 heterocycles. The van der Waals surface area contributed by atoms with E-state index in [9.17, 15) is 4.79 Å².